The van der Waals surface area contributed by atoms with Crippen LogP contribution in [0.3, 0.4) is 0 Å². The number of hydrogen-bond donors (Lipinski definition) is 4. The molecule has 1 aliphatic heterocycles. The van der Waals surface area contributed by atoms with Crippen molar-refractivity contribution in [3.8, 4) is 11.5 Å². The van der Waals surface area contributed by atoms with Gasteiger partial charge in [-0.1, -0.05) is 30.3 Å². The second-order valence-electron chi connectivity index (χ2n) is 9.39. The Balaban J connectivity index is 1.33. The molecule has 0 spiro atoms. The van der Waals surface area contributed by atoms with Crippen LogP contribution in [0.25, 0.3) is 0 Å². The van der Waals surface area contributed by atoms with E-state index in [9.17, 15) is 14.4 Å². The number of carboxylic acid groups (broad SMARTS) is 1. The molecule has 0 bridgehead atoms. The van der Waals surface area contributed by atoms with Gasteiger partial charge in [0.25, 0.3) is 5.91 Å². The molecule has 0 saturated carbocycles. The minimum atomic E-state index is -0.985. The number of halogens is 1. The SMILES string of the molecule is CCOC(=O)C1=C(C)NC(=S)N[C@H]1c1ccccc1OCC(=O)NN=Cc1ccc(OCc2ccc(C(=O)O)cc2)c(Br)c1. The molecule has 1 amide bonds. The van der Waals surface area contributed by atoms with E-state index in [4.69, 9.17) is 31.5 Å². The zero-order chi connectivity index (χ0) is 31.6. The third kappa shape index (κ3) is 8.42. The number of rotatable bonds is 12. The number of esters is 1. The predicted molar refractivity (Wildman–Crippen MR) is 170 cm³/mol. The van der Waals surface area contributed by atoms with E-state index in [0.717, 1.165) is 5.56 Å². The summed E-state index contributed by atoms with van der Waals surface area (Å²) in [5.41, 5.74) is 5.71. The predicted octanol–water partition coefficient (Wildman–Crippen LogP) is 4.61. The molecular formula is C31H29BrN4O7S. The maximum atomic E-state index is 12.7. The number of ether oxygens (including phenoxy) is 3. The summed E-state index contributed by atoms with van der Waals surface area (Å²) in [4.78, 5) is 36.2. The zero-order valence-corrected chi connectivity index (χ0v) is 26.2. The summed E-state index contributed by atoms with van der Waals surface area (Å²) >= 11 is 8.78. The van der Waals surface area contributed by atoms with Crippen LogP contribution >= 0.6 is 28.1 Å². The lowest BCUT2D eigenvalue weighted by atomic mass is 9.95. The van der Waals surface area contributed by atoms with Crippen molar-refractivity contribution in [1.82, 2.24) is 16.1 Å². The van der Waals surface area contributed by atoms with Crippen molar-refractivity contribution in [2.24, 2.45) is 5.10 Å². The number of hydrogen-bond acceptors (Lipinski definition) is 8. The summed E-state index contributed by atoms with van der Waals surface area (Å²) in [5.74, 6) is -0.990. The van der Waals surface area contributed by atoms with Crippen molar-refractivity contribution in [2.75, 3.05) is 13.2 Å². The van der Waals surface area contributed by atoms with Gasteiger partial charge in [0.15, 0.2) is 11.7 Å². The van der Waals surface area contributed by atoms with Crippen molar-refractivity contribution >= 4 is 57.3 Å². The summed E-state index contributed by atoms with van der Waals surface area (Å²) in [6.45, 7) is 3.61. The molecule has 0 radical (unpaired) electrons. The van der Waals surface area contributed by atoms with Gasteiger partial charge in [-0.15, -0.1) is 0 Å². The van der Waals surface area contributed by atoms with Crippen LogP contribution in [0, 0.1) is 0 Å². The van der Waals surface area contributed by atoms with Gasteiger partial charge in [-0.3, -0.25) is 4.79 Å². The molecule has 228 valence electrons. The Kier molecular flexibility index (Phi) is 11.1. The number of carboxylic acids is 1. The monoisotopic (exact) mass is 680 g/mol. The Morgan fingerprint density at radius 2 is 1.82 bits per heavy atom. The fourth-order valence-corrected chi connectivity index (χ4v) is 5.01. The van der Waals surface area contributed by atoms with Crippen LogP contribution in [-0.2, 0) is 20.9 Å². The van der Waals surface area contributed by atoms with E-state index < -0.39 is 23.9 Å². The van der Waals surface area contributed by atoms with E-state index in [1.165, 1.54) is 18.3 Å². The molecular weight excluding hydrogens is 652 g/mol. The molecule has 1 aliphatic rings. The Morgan fingerprint density at radius 1 is 1.07 bits per heavy atom. The number of carbonyl (C=O) groups excluding carboxylic acids is 2. The van der Waals surface area contributed by atoms with Crippen LogP contribution in [-0.4, -0.2) is 47.5 Å². The zero-order valence-electron chi connectivity index (χ0n) is 23.8. The first kappa shape index (κ1) is 32.2. The largest absolute Gasteiger partial charge is 0.488 e. The lowest BCUT2D eigenvalue weighted by Gasteiger charge is -2.30. The Morgan fingerprint density at radius 3 is 2.52 bits per heavy atom. The molecule has 1 heterocycles. The van der Waals surface area contributed by atoms with E-state index >= 15 is 0 Å². The first-order valence-electron chi connectivity index (χ1n) is 13.4. The number of para-hydroxylation sites is 1. The summed E-state index contributed by atoms with van der Waals surface area (Å²) in [5, 5.41) is 19.4. The normalized spacial score (nSPS) is 14.4. The molecule has 0 aliphatic carbocycles. The maximum Gasteiger partial charge on any atom is 0.338 e. The second-order valence-corrected chi connectivity index (χ2v) is 10.7. The number of nitrogens with one attached hydrogen (secondary N) is 3. The molecule has 0 fully saturated rings. The molecule has 3 aromatic carbocycles. The van der Waals surface area contributed by atoms with Crippen LogP contribution < -0.4 is 25.5 Å². The Bertz CT molecular complexity index is 1630. The van der Waals surface area contributed by atoms with Crippen molar-refractivity contribution in [3.63, 3.8) is 0 Å². The van der Waals surface area contributed by atoms with Gasteiger partial charge in [0.1, 0.15) is 18.1 Å². The highest BCUT2D eigenvalue weighted by molar-refractivity contribution is 9.10. The van der Waals surface area contributed by atoms with Crippen molar-refractivity contribution < 1.29 is 33.7 Å². The van der Waals surface area contributed by atoms with Gasteiger partial charge in [0.05, 0.1) is 34.5 Å². The average molecular weight is 682 g/mol. The van der Waals surface area contributed by atoms with Crippen LogP contribution in [0.2, 0.25) is 0 Å². The van der Waals surface area contributed by atoms with Crippen molar-refractivity contribution in [2.45, 2.75) is 26.5 Å². The van der Waals surface area contributed by atoms with Gasteiger partial charge in [-0.05, 0) is 89.5 Å². The molecule has 3 aromatic rings. The minimum Gasteiger partial charge on any atom is -0.488 e. The number of allylic oxidation sites excluding steroid dienone is 1. The summed E-state index contributed by atoms with van der Waals surface area (Å²) < 4.78 is 17.6. The lowest BCUT2D eigenvalue weighted by molar-refractivity contribution is -0.139. The van der Waals surface area contributed by atoms with E-state index in [1.807, 2.05) is 0 Å². The van der Waals surface area contributed by atoms with Crippen LogP contribution in [0.4, 0.5) is 0 Å². The van der Waals surface area contributed by atoms with E-state index in [1.54, 1.807) is 68.4 Å². The van der Waals surface area contributed by atoms with Gasteiger partial charge in [0.2, 0.25) is 0 Å². The van der Waals surface area contributed by atoms with E-state index in [-0.39, 0.29) is 25.4 Å². The molecule has 11 nitrogen and oxygen atoms in total. The maximum absolute atomic E-state index is 12.7. The fourth-order valence-electron chi connectivity index (χ4n) is 4.23. The quantitative estimate of drug-likeness (QED) is 0.0925. The molecule has 13 heteroatoms. The van der Waals surface area contributed by atoms with Crippen LogP contribution in [0.1, 0.15) is 46.9 Å². The van der Waals surface area contributed by atoms with Gasteiger partial charge < -0.3 is 30.0 Å². The van der Waals surface area contributed by atoms with Crippen molar-refractivity contribution in [1.29, 1.82) is 0 Å². The van der Waals surface area contributed by atoms with E-state index in [2.05, 4.69) is 37.1 Å². The van der Waals surface area contributed by atoms with Crippen molar-refractivity contribution in [3.05, 3.63) is 105 Å². The lowest BCUT2D eigenvalue weighted by Crippen LogP contribution is -2.45. The number of aromatic carboxylic acids is 1. The molecule has 4 rings (SSSR count). The first-order valence-corrected chi connectivity index (χ1v) is 14.6. The molecule has 0 aromatic heterocycles. The summed E-state index contributed by atoms with van der Waals surface area (Å²) in [7, 11) is 0. The Labute approximate surface area is 267 Å². The fraction of sp³-hybridized carbons (Fsp3) is 0.194. The number of benzene rings is 3. The number of carbonyl (C=O) groups is 3. The first-order chi connectivity index (χ1) is 21.2. The molecule has 44 heavy (non-hydrogen) atoms. The summed E-state index contributed by atoms with van der Waals surface area (Å²) in [6, 6.07) is 18.1. The Hall–Kier alpha value is -4.75. The van der Waals surface area contributed by atoms with Crippen LogP contribution in [0.15, 0.2) is 87.6 Å². The van der Waals surface area contributed by atoms with E-state index in [0.29, 0.717) is 43.5 Å². The third-order valence-electron chi connectivity index (χ3n) is 6.31. The van der Waals surface area contributed by atoms with Crippen LogP contribution in [0.5, 0.6) is 11.5 Å². The number of hydrazone groups is 1. The average Bonchev–Trinajstić information content (AvgIpc) is 2.99. The van der Waals surface area contributed by atoms with Gasteiger partial charge in [-0.2, -0.15) is 5.10 Å². The smallest absolute Gasteiger partial charge is 0.338 e. The molecule has 0 unspecified atom stereocenters. The van der Waals surface area contributed by atoms with Gasteiger partial charge in [0, 0.05) is 11.3 Å². The summed E-state index contributed by atoms with van der Waals surface area (Å²) in [6.07, 6.45) is 1.48. The number of thiocarbonyl (C=S) groups is 1. The second kappa shape index (κ2) is 15.1. The minimum absolute atomic E-state index is 0.207. The highest BCUT2D eigenvalue weighted by Gasteiger charge is 2.32. The third-order valence-corrected chi connectivity index (χ3v) is 7.15. The molecule has 1 atom stereocenters. The standard InChI is InChI=1S/C31H29BrN4O7S/c1-3-41-30(40)27-18(2)34-31(44)35-28(27)22-6-4-5-7-24(22)43-17-26(37)36-33-15-20-10-13-25(23(32)14-20)42-16-19-8-11-21(12-9-19)29(38)39/h4-15,28H,3,16-17H2,1-2H3,(H,36,37)(H,38,39)(H2,34,35,44)/t28-/m0/s1. The topological polar surface area (TPSA) is 148 Å². The van der Waals surface area contributed by atoms with Gasteiger partial charge >= 0.3 is 11.9 Å². The number of amides is 1. The molecule has 0 saturated heterocycles. The molecule has 4 N–H and O–H groups in total. The highest BCUT2D eigenvalue weighted by Crippen LogP contribution is 2.33. The highest BCUT2D eigenvalue weighted by atomic mass is 79.9. The van der Waals surface area contributed by atoms with Gasteiger partial charge in [-0.25, -0.2) is 15.0 Å². The number of nitrogens with zero attached hydrogens (tertiary/aromatic N) is 1.